The van der Waals surface area contributed by atoms with E-state index in [1.54, 1.807) is 0 Å². The van der Waals surface area contributed by atoms with Crippen LogP contribution in [0.25, 0.3) is 0 Å². The van der Waals surface area contributed by atoms with E-state index in [0.717, 1.165) is 12.8 Å². The minimum Gasteiger partial charge on any atom is -0.495 e. The highest BCUT2D eigenvalue weighted by atomic mass is 32.2. The van der Waals surface area contributed by atoms with Crippen molar-refractivity contribution in [2.75, 3.05) is 7.11 Å². The zero-order chi connectivity index (χ0) is 14.0. The van der Waals surface area contributed by atoms with Crippen molar-refractivity contribution in [1.29, 1.82) is 0 Å². The lowest BCUT2D eigenvalue weighted by Gasteiger charge is -2.14. The molecule has 104 valence electrons. The quantitative estimate of drug-likeness (QED) is 0.915. The molecule has 0 spiro atoms. The number of hydrogen-bond acceptors (Lipinski definition) is 4. The van der Waals surface area contributed by atoms with E-state index in [1.165, 1.54) is 25.3 Å². The molecular weight excluding hydrogens is 268 g/mol. The number of carboxylic acids is 1. The largest absolute Gasteiger partial charge is 0.495 e. The Balaban J connectivity index is 2.52. The third kappa shape index (κ3) is 2.58. The highest BCUT2D eigenvalue weighted by Gasteiger charge is 2.33. The maximum atomic E-state index is 12.5. The van der Waals surface area contributed by atoms with Crippen molar-refractivity contribution in [2.45, 2.75) is 35.8 Å². The van der Waals surface area contributed by atoms with Crippen LogP contribution in [0, 0.1) is 0 Å². The molecule has 0 aliphatic heterocycles. The van der Waals surface area contributed by atoms with Gasteiger partial charge in [-0.2, -0.15) is 0 Å². The van der Waals surface area contributed by atoms with Crippen molar-refractivity contribution in [3.05, 3.63) is 23.8 Å². The first-order chi connectivity index (χ1) is 8.96. The van der Waals surface area contributed by atoms with Crippen LogP contribution < -0.4 is 4.74 Å². The van der Waals surface area contributed by atoms with E-state index in [2.05, 4.69) is 0 Å². The molecule has 1 fully saturated rings. The Labute approximate surface area is 112 Å². The molecule has 1 N–H and O–H groups in total. The van der Waals surface area contributed by atoms with Gasteiger partial charge in [-0.05, 0) is 31.0 Å². The van der Waals surface area contributed by atoms with Gasteiger partial charge in [-0.3, -0.25) is 0 Å². The molecule has 1 aromatic rings. The van der Waals surface area contributed by atoms with Crippen molar-refractivity contribution in [2.24, 2.45) is 0 Å². The van der Waals surface area contributed by atoms with Gasteiger partial charge < -0.3 is 9.84 Å². The van der Waals surface area contributed by atoms with Crippen LogP contribution in [0.15, 0.2) is 23.1 Å². The van der Waals surface area contributed by atoms with Gasteiger partial charge in [-0.25, -0.2) is 13.2 Å². The van der Waals surface area contributed by atoms with Crippen LogP contribution in [0.5, 0.6) is 5.75 Å². The number of sulfone groups is 1. The molecule has 0 bridgehead atoms. The topological polar surface area (TPSA) is 80.7 Å². The summed E-state index contributed by atoms with van der Waals surface area (Å²) >= 11 is 0. The second-order valence-corrected chi connectivity index (χ2v) is 6.82. The molecule has 0 aromatic heterocycles. The lowest BCUT2D eigenvalue weighted by atomic mass is 10.2. The fourth-order valence-corrected chi connectivity index (χ4v) is 4.45. The second-order valence-electron chi connectivity index (χ2n) is 4.62. The molecule has 1 aromatic carbocycles. The van der Waals surface area contributed by atoms with Gasteiger partial charge in [-0.1, -0.05) is 12.8 Å². The number of rotatable bonds is 4. The SMILES string of the molecule is COc1ccc(C(=O)O)cc1S(=O)(=O)C1CCCC1. The number of methoxy groups -OCH3 is 1. The molecule has 1 aliphatic carbocycles. The van der Waals surface area contributed by atoms with Crippen LogP contribution in [0.4, 0.5) is 0 Å². The first-order valence-corrected chi connectivity index (χ1v) is 7.66. The summed E-state index contributed by atoms with van der Waals surface area (Å²) in [7, 11) is -2.15. The Morgan fingerprint density at radius 2 is 1.95 bits per heavy atom. The van der Waals surface area contributed by atoms with Crippen LogP contribution in [-0.4, -0.2) is 31.9 Å². The van der Waals surface area contributed by atoms with E-state index >= 15 is 0 Å². The maximum Gasteiger partial charge on any atom is 0.335 e. The predicted octanol–water partition coefficient (Wildman–Crippen LogP) is 2.11. The molecule has 0 saturated heterocycles. The highest BCUT2D eigenvalue weighted by molar-refractivity contribution is 7.92. The van der Waals surface area contributed by atoms with E-state index in [9.17, 15) is 13.2 Å². The molecule has 2 rings (SSSR count). The average Bonchev–Trinajstić information content (AvgIpc) is 2.92. The van der Waals surface area contributed by atoms with Crippen molar-refractivity contribution < 1.29 is 23.1 Å². The molecule has 0 unspecified atom stereocenters. The van der Waals surface area contributed by atoms with Crippen molar-refractivity contribution >= 4 is 15.8 Å². The van der Waals surface area contributed by atoms with Gasteiger partial charge in [0.05, 0.1) is 17.9 Å². The molecule has 19 heavy (non-hydrogen) atoms. The number of carboxylic acid groups (broad SMARTS) is 1. The summed E-state index contributed by atoms with van der Waals surface area (Å²) in [5.41, 5.74) is -0.0441. The van der Waals surface area contributed by atoms with E-state index in [4.69, 9.17) is 9.84 Å². The second kappa shape index (κ2) is 5.21. The molecule has 0 amide bonds. The Morgan fingerprint density at radius 3 is 2.47 bits per heavy atom. The maximum absolute atomic E-state index is 12.5. The monoisotopic (exact) mass is 284 g/mol. The number of carbonyl (C=O) groups is 1. The van der Waals surface area contributed by atoms with Crippen LogP contribution in [0.1, 0.15) is 36.0 Å². The first kappa shape index (κ1) is 13.9. The molecule has 5 nitrogen and oxygen atoms in total. The van der Waals surface area contributed by atoms with Crippen LogP contribution in [-0.2, 0) is 9.84 Å². The molecular formula is C13H16O5S. The first-order valence-electron chi connectivity index (χ1n) is 6.12. The normalized spacial score (nSPS) is 16.5. The van der Waals surface area contributed by atoms with Gasteiger partial charge in [0.15, 0.2) is 9.84 Å². The number of aromatic carboxylic acids is 1. The van der Waals surface area contributed by atoms with E-state index in [-0.39, 0.29) is 16.2 Å². The predicted molar refractivity (Wildman–Crippen MR) is 69.4 cm³/mol. The minimum absolute atomic E-state index is 0.0122. The highest BCUT2D eigenvalue weighted by Crippen LogP contribution is 2.34. The summed E-state index contributed by atoms with van der Waals surface area (Å²) in [6, 6.07) is 3.93. The lowest BCUT2D eigenvalue weighted by Crippen LogP contribution is -2.19. The summed E-state index contributed by atoms with van der Waals surface area (Å²) in [6.07, 6.45) is 3.04. The summed E-state index contributed by atoms with van der Waals surface area (Å²) in [4.78, 5) is 11.0. The zero-order valence-electron chi connectivity index (χ0n) is 10.6. The fraction of sp³-hybridized carbons (Fsp3) is 0.462. The van der Waals surface area contributed by atoms with Gasteiger partial charge in [0, 0.05) is 0 Å². The van der Waals surface area contributed by atoms with Crippen LogP contribution in [0.2, 0.25) is 0 Å². The Kier molecular flexibility index (Phi) is 3.80. The van der Waals surface area contributed by atoms with E-state index in [0.29, 0.717) is 12.8 Å². The average molecular weight is 284 g/mol. The molecule has 0 heterocycles. The van der Waals surface area contributed by atoms with E-state index < -0.39 is 21.1 Å². The standard InChI is InChI=1S/C13H16O5S/c1-18-11-7-6-9(13(14)15)8-12(11)19(16,17)10-4-2-3-5-10/h6-8,10H,2-5H2,1H3,(H,14,15). The lowest BCUT2D eigenvalue weighted by molar-refractivity contribution is 0.0696. The van der Waals surface area contributed by atoms with Crippen molar-refractivity contribution in [3.8, 4) is 5.75 Å². The van der Waals surface area contributed by atoms with Gasteiger partial charge in [0.1, 0.15) is 10.6 Å². The fourth-order valence-electron chi connectivity index (χ4n) is 2.41. The van der Waals surface area contributed by atoms with Crippen molar-refractivity contribution in [1.82, 2.24) is 0 Å². The van der Waals surface area contributed by atoms with Crippen LogP contribution >= 0.6 is 0 Å². The van der Waals surface area contributed by atoms with E-state index in [1.807, 2.05) is 0 Å². The number of hydrogen-bond donors (Lipinski definition) is 1. The summed E-state index contributed by atoms with van der Waals surface area (Å²) in [5, 5.41) is 8.54. The minimum atomic E-state index is -3.53. The molecule has 6 heteroatoms. The zero-order valence-corrected chi connectivity index (χ0v) is 11.4. The Hall–Kier alpha value is -1.56. The number of benzene rings is 1. The smallest absolute Gasteiger partial charge is 0.335 e. The van der Waals surface area contributed by atoms with Gasteiger partial charge in [-0.15, -0.1) is 0 Å². The summed E-state index contributed by atoms with van der Waals surface area (Å²) in [6.45, 7) is 0. The van der Waals surface area contributed by atoms with Gasteiger partial charge >= 0.3 is 5.97 Å². The van der Waals surface area contributed by atoms with Crippen LogP contribution in [0.3, 0.4) is 0 Å². The molecule has 1 aliphatic rings. The van der Waals surface area contributed by atoms with Gasteiger partial charge in [0.25, 0.3) is 0 Å². The molecule has 0 atom stereocenters. The Bertz CT molecular complexity index is 585. The van der Waals surface area contributed by atoms with Crippen molar-refractivity contribution in [3.63, 3.8) is 0 Å². The number of ether oxygens (including phenoxy) is 1. The third-order valence-electron chi connectivity index (χ3n) is 3.46. The molecule has 0 radical (unpaired) electrons. The Morgan fingerprint density at radius 1 is 1.32 bits per heavy atom. The molecule has 1 saturated carbocycles. The summed E-state index contributed by atoms with van der Waals surface area (Å²) in [5.74, 6) is -0.942. The van der Waals surface area contributed by atoms with Gasteiger partial charge in [0.2, 0.25) is 0 Å². The third-order valence-corrected chi connectivity index (χ3v) is 5.74. The summed E-state index contributed by atoms with van der Waals surface area (Å²) < 4.78 is 30.1.